The largest absolute Gasteiger partial charge is 0.491 e. The second-order valence-electron chi connectivity index (χ2n) is 4.44. The predicted octanol–water partition coefficient (Wildman–Crippen LogP) is 2.04. The van der Waals surface area contributed by atoms with Crippen LogP contribution in [0.5, 0.6) is 5.75 Å². The van der Waals surface area contributed by atoms with Gasteiger partial charge >= 0.3 is 0 Å². The van der Waals surface area contributed by atoms with E-state index in [1.54, 1.807) is 0 Å². The summed E-state index contributed by atoms with van der Waals surface area (Å²) < 4.78 is 11.5. The maximum atomic E-state index is 5.88. The van der Waals surface area contributed by atoms with Crippen LogP contribution in [0.3, 0.4) is 0 Å². The fourth-order valence-electron chi connectivity index (χ4n) is 2.31. The Labute approximate surface area is 114 Å². The molecule has 98 valence electrons. The first kappa shape index (κ1) is 13.4. The SMILES string of the molecule is C1=Cc2cccc(OC[C@@H]3CNCCO3)c2C1.Cl. The molecule has 0 spiro atoms. The summed E-state index contributed by atoms with van der Waals surface area (Å²) in [6.07, 6.45) is 5.49. The average Bonchev–Trinajstić information content (AvgIpc) is 2.86. The molecule has 1 aliphatic heterocycles. The van der Waals surface area contributed by atoms with Crippen molar-refractivity contribution in [1.29, 1.82) is 0 Å². The molecule has 0 bridgehead atoms. The van der Waals surface area contributed by atoms with E-state index >= 15 is 0 Å². The molecule has 0 amide bonds. The van der Waals surface area contributed by atoms with Crippen LogP contribution in [0.4, 0.5) is 0 Å². The molecule has 0 saturated carbocycles. The number of ether oxygens (including phenoxy) is 2. The lowest BCUT2D eigenvalue weighted by Crippen LogP contribution is -2.41. The predicted molar refractivity (Wildman–Crippen MR) is 74.5 cm³/mol. The molecule has 0 unspecified atom stereocenters. The number of hydrogen-bond donors (Lipinski definition) is 1. The third-order valence-corrected chi connectivity index (χ3v) is 3.22. The van der Waals surface area contributed by atoms with Gasteiger partial charge in [-0.3, -0.25) is 0 Å². The lowest BCUT2D eigenvalue weighted by atomic mass is 10.1. The van der Waals surface area contributed by atoms with E-state index in [-0.39, 0.29) is 18.5 Å². The Morgan fingerprint density at radius 1 is 1.39 bits per heavy atom. The summed E-state index contributed by atoms with van der Waals surface area (Å²) in [5.41, 5.74) is 2.58. The zero-order valence-corrected chi connectivity index (χ0v) is 11.0. The zero-order chi connectivity index (χ0) is 11.5. The van der Waals surface area contributed by atoms with E-state index in [2.05, 4.69) is 23.5 Å². The van der Waals surface area contributed by atoms with Crippen LogP contribution >= 0.6 is 12.4 Å². The number of rotatable bonds is 3. The highest BCUT2D eigenvalue weighted by atomic mass is 35.5. The molecule has 18 heavy (non-hydrogen) atoms. The smallest absolute Gasteiger partial charge is 0.123 e. The molecule has 1 fully saturated rings. The van der Waals surface area contributed by atoms with Gasteiger partial charge in [-0.2, -0.15) is 0 Å². The topological polar surface area (TPSA) is 30.5 Å². The normalized spacial score (nSPS) is 21.2. The van der Waals surface area contributed by atoms with Crippen molar-refractivity contribution in [2.24, 2.45) is 0 Å². The van der Waals surface area contributed by atoms with E-state index in [1.807, 2.05) is 12.1 Å². The van der Waals surface area contributed by atoms with Crippen molar-refractivity contribution in [2.75, 3.05) is 26.3 Å². The van der Waals surface area contributed by atoms with Crippen LogP contribution in [-0.4, -0.2) is 32.4 Å². The monoisotopic (exact) mass is 267 g/mol. The molecule has 1 N–H and O–H groups in total. The molecule has 3 nitrogen and oxygen atoms in total. The van der Waals surface area contributed by atoms with Crippen molar-refractivity contribution in [3.63, 3.8) is 0 Å². The standard InChI is InChI=1S/C14H17NO2.ClH/c1-3-11-4-2-6-14(13(11)5-1)17-10-12-9-15-7-8-16-12;/h1-4,6,12,15H,5,7-10H2;1H/t12-;/m0./s1. The van der Waals surface area contributed by atoms with Crippen LogP contribution in [0, 0.1) is 0 Å². The summed E-state index contributed by atoms with van der Waals surface area (Å²) in [4.78, 5) is 0. The van der Waals surface area contributed by atoms with E-state index in [0.717, 1.165) is 31.9 Å². The highest BCUT2D eigenvalue weighted by Crippen LogP contribution is 2.28. The molecule has 0 aromatic heterocycles. The van der Waals surface area contributed by atoms with Crippen LogP contribution in [0.25, 0.3) is 6.08 Å². The Bertz CT molecular complexity index is 428. The number of morpholine rings is 1. The van der Waals surface area contributed by atoms with Gasteiger partial charge in [-0.05, 0) is 18.1 Å². The molecule has 1 aromatic rings. The summed E-state index contributed by atoms with van der Waals surface area (Å²) in [5.74, 6) is 1.00. The molecule has 2 aliphatic rings. The average molecular weight is 268 g/mol. The summed E-state index contributed by atoms with van der Waals surface area (Å²) in [7, 11) is 0. The van der Waals surface area contributed by atoms with Gasteiger partial charge in [0.25, 0.3) is 0 Å². The van der Waals surface area contributed by atoms with E-state index in [0.29, 0.717) is 6.61 Å². The first-order valence-corrected chi connectivity index (χ1v) is 6.17. The molecule has 0 radical (unpaired) electrons. The van der Waals surface area contributed by atoms with E-state index < -0.39 is 0 Å². The molecule has 3 rings (SSSR count). The maximum Gasteiger partial charge on any atom is 0.123 e. The third kappa shape index (κ3) is 2.86. The third-order valence-electron chi connectivity index (χ3n) is 3.22. The highest BCUT2D eigenvalue weighted by Gasteiger charge is 2.16. The minimum absolute atomic E-state index is 0. The molecule has 1 aliphatic carbocycles. The number of halogens is 1. The lowest BCUT2D eigenvalue weighted by molar-refractivity contribution is 0.0000403. The molecule has 1 saturated heterocycles. The van der Waals surface area contributed by atoms with Crippen molar-refractivity contribution < 1.29 is 9.47 Å². The highest BCUT2D eigenvalue weighted by molar-refractivity contribution is 5.85. The molecule has 1 aromatic carbocycles. The van der Waals surface area contributed by atoms with Gasteiger partial charge in [-0.15, -0.1) is 12.4 Å². The minimum Gasteiger partial charge on any atom is -0.491 e. The van der Waals surface area contributed by atoms with Crippen molar-refractivity contribution in [1.82, 2.24) is 5.32 Å². The number of allylic oxidation sites excluding steroid dienone is 1. The quantitative estimate of drug-likeness (QED) is 0.909. The van der Waals surface area contributed by atoms with Crippen molar-refractivity contribution in [2.45, 2.75) is 12.5 Å². The Balaban J connectivity index is 0.00000120. The first-order chi connectivity index (χ1) is 8.43. The van der Waals surface area contributed by atoms with Crippen LogP contribution in [0.15, 0.2) is 24.3 Å². The van der Waals surface area contributed by atoms with Crippen molar-refractivity contribution in [3.05, 3.63) is 35.4 Å². The first-order valence-electron chi connectivity index (χ1n) is 6.17. The number of hydrogen-bond acceptors (Lipinski definition) is 3. The maximum absolute atomic E-state index is 5.88. The Hall–Kier alpha value is -1.03. The van der Waals surface area contributed by atoms with E-state index in [9.17, 15) is 0 Å². The second-order valence-corrected chi connectivity index (χ2v) is 4.44. The van der Waals surface area contributed by atoms with Crippen LogP contribution in [-0.2, 0) is 11.2 Å². The Kier molecular flexibility index (Phi) is 4.64. The lowest BCUT2D eigenvalue weighted by Gasteiger charge is -2.24. The molecular weight excluding hydrogens is 250 g/mol. The van der Waals surface area contributed by atoms with Crippen LogP contribution in [0.2, 0.25) is 0 Å². The Morgan fingerprint density at radius 3 is 3.17 bits per heavy atom. The minimum atomic E-state index is 0. The fourth-order valence-corrected chi connectivity index (χ4v) is 2.31. The molecule has 1 heterocycles. The molecular formula is C14H18ClNO2. The second kappa shape index (κ2) is 6.23. The summed E-state index contributed by atoms with van der Waals surface area (Å²) in [6.45, 7) is 3.24. The van der Waals surface area contributed by atoms with E-state index in [4.69, 9.17) is 9.47 Å². The Morgan fingerprint density at radius 2 is 2.33 bits per heavy atom. The number of fused-ring (bicyclic) bond motifs is 1. The number of nitrogens with one attached hydrogen (secondary N) is 1. The van der Waals surface area contributed by atoms with Crippen molar-refractivity contribution >= 4 is 18.5 Å². The van der Waals surface area contributed by atoms with Gasteiger partial charge < -0.3 is 14.8 Å². The molecule has 1 atom stereocenters. The van der Waals surface area contributed by atoms with Gasteiger partial charge in [0.05, 0.1) is 6.61 Å². The van der Waals surface area contributed by atoms with Gasteiger partial charge in [0, 0.05) is 18.7 Å². The van der Waals surface area contributed by atoms with Gasteiger partial charge in [0.15, 0.2) is 0 Å². The summed E-state index contributed by atoms with van der Waals surface area (Å²) in [5, 5.41) is 3.31. The fraction of sp³-hybridized carbons (Fsp3) is 0.429. The van der Waals surface area contributed by atoms with Gasteiger partial charge in [0.2, 0.25) is 0 Å². The number of benzene rings is 1. The van der Waals surface area contributed by atoms with Gasteiger partial charge in [0.1, 0.15) is 18.5 Å². The molecule has 4 heteroatoms. The summed E-state index contributed by atoms with van der Waals surface area (Å²) in [6, 6.07) is 6.22. The van der Waals surface area contributed by atoms with Gasteiger partial charge in [-0.1, -0.05) is 24.3 Å². The van der Waals surface area contributed by atoms with Gasteiger partial charge in [-0.25, -0.2) is 0 Å². The zero-order valence-electron chi connectivity index (χ0n) is 10.2. The van der Waals surface area contributed by atoms with Crippen LogP contribution < -0.4 is 10.1 Å². The summed E-state index contributed by atoms with van der Waals surface area (Å²) >= 11 is 0. The van der Waals surface area contributed by atoms with Crippen LogP contribution in [0.1, 0.15) is 11.1 Å². The van der Waals surface area contributed by atoms with Crippen molar-refractivity contribution in [3.8, 4) is 5.75 Å². The van der Waals surface area contributed by atoms with E-state index in [1.165, 1.54) is 11.1 Å².